The van der Waals surface area contributed by atoms with Gasteiger partial charge in [0, 0.05) is 38.3 Å². The van der Waals surface area contributed by atoms with Crippen LogP contribution in [0.15, 0.2) is 53.4 Å². The molecule has 31 heavy (non-hydrogen) atoms. The number of benzene rings is 2. The first-order valence-corrected chi connectivity index (χ1v) is 12.4. The number of carbonyl (C=O) groups excluding carboxylic acids is 1. The van der Waals surface area contributed by atoms with Gasteiger partial charge in [0.05, 0.1) is 4.90 Å². The first-order valence-electron chi connectivity index (χ1n) is 10.9. The fourth-order valence-electron chi connectivity index (χ4n) is 3.83. The summed E-state index contributed by atoms with van der Waals surface area (Å²) >= 11 is 0. The van der Waals surface area contributed by atoms with Crippen LogP contribution >= 0.6 is 0 Å². The normalized spacial score (nSPS) is 16.7. The number of amides is 1. The van der Waals surface area contributed by atoms with Crippen LogP contribution in [0.3, 0.4) is 0 Å². The number of nitrogens with one attached hydrogen (secondary N) is 1. The van der Waals surface area contributed by atoms with Crippen molar-refractivity contribution in [1.29, 1.82) is 0 Å². The molecule has 1 N–H and O–H groups in total. The number of likely N-dealkylation sites (N-methyl/N-ethyl adjacent to an activating group) is 1. The molecule has 1 unspecified atom stereocenters. The molecule has 0 spiro atoms. The minimum absolute atomic E-state index is 0.223. The van der Waals surface area contributed by atoms with Gasteiger partial charge in [-0.1, -0.05) is 49.7 Å². The highest BCUT2D eigenvalue weighted by Gasteiger charge is 2.29. The number of rotatable bonds is 8. The van der Waals surface area contributed by atoms with Crippen LogP contribution in [0.4, 0.5) is 0 Å². The van der Waals surface area contributed by atoms with Crippen LogP contribution in [-0.2, 0) is 16.4 Å². The van der Waals surface area contributed by atoms with E-state index in [9.17, 15) is 13.2 Å². The van der Waals surface area contributed by atoms with Crippen molar-refractivity contribution >= 4 is 15.9 Å². The van der Waals surface area contributed by atoms with Crippen LogP contribution in [0.5, 0.6) is 0 Å². The third kappa shape index (κ3) is 5.93. The van der Waals surface area contributed by atoms with Gasteiger partial charge in [0.1, 0.15) is 0 Å². The Morgan fingerprint density at radius 2 is 1.74 bits per heavy atom. The minimum atomic E-state index is -3.62. The van der Waals surface area contributed by atoms with Crippen LogP contribution in [0.2, 0.25) is 0 Å². The number of hydrogen-bond acceptors (Lipinski definition) is 4. The average molecular weight is 444 g/mol. The largest absolute Gasteiger partial charge is 0.352 e. The standard InChI is InChI=1S/C24H33N3O3S/c1-4-20(16-21-8-6-5-7-9-21)18-25-24(28)22-11-10-19(2)23(17-22)31(29,30)27-14-12-26(3)13-15-27/h5-11,17,20H,4,12-16,18H2,1-3H3,(H,25,28). The van der Waals surface area contributed by atoms with Crippen LogP contribution in [-0.4, -0.2) is 63.3 Å². The summed E-state index contributed by atoms with van der Waals surface area (Å²) in [6.07, 6.45) is 1.85. The zero-order chi connectivity index (χ0) is 22.4. The molecule has 0 bridgehead atoms. The fraction of sp³-hybridized carbons (Fsp3) is 0.458. The molecule has 0 aliphatic carbocycles. The summed E-state index contributed by atoms with van der Waals surface area (Å²) in [4.78, 5) is 15.1. The lowest BCUT2D eigenvalue weighted by Gasteiger charge is -2.32. The number of nitrogens with zero attached hydrogens (tertiary/aromatic N) is 2. The number of hydrogen-bond donors (Lipinski definition) is 1. The molecule has 1 heterocycles. The quantitative estimate of drug-likeness (QED) is 0.681. The lowest BCUT2D eigenvalue weighted by atomic mass is 9.97. The van der Waals surface area contributed by atoms with Gasteiger partial charge in [0.15, 0.2) is 0 Å². The van der Waals surface area contributed by atoms with E-state index in [1.165, 1.54) is 15.9 Å². The molecule has 1 aliphatic rings. The Labute approximate surface area is 186 Å². The van der Waals surface area contributed by atoms with E-state index in [1.54, 1.807) is 19.1 Å². The molecule has 1 atom stereocenters. The molecule has 1 amide bonds. The SMILES string of the molecule is CCC(CNC(=O)c1ccc(C)c(S(=O)(=O)N2CCN(C)CC2)c1)Cc1ccccc1. The predicted molar refractivity (Wildman–Crippen MR) is 124 cm³/mol. The van der Waals surface area contributed by atoms with Crippen molar-refractivity contribution in [1.82, 2.24) is 14.5 Å². The van der Waals surface area contributed by atoms with Crippen molar-refractivity contribution < 1.29 is 13.2 Å². The van der Waals surface area contributed by atoms with Crippen molar-refractivity contribution in [2.24, 2.45) is 5.92 Å². The maximum Gasteiger partial charge on any atom is 0.251 e. The Balaban J connectivity index is 1.69. The number of carbonyl (C=O) groups is 1. The van der Waals surface area contributed by atoms with E-state index >= 15 is 0 Å². The van der Waals surface area contributed by atoms with Crippen LogP contribution in [0.1, 0.15) is 34.8 Å². The Morgan fingerprint density at radius 1 is 1.06 bits per heavy atom. The molecule has 1 saturated heterocycles. The molecule has 7 heteroatoms. The van der Waals surface area contributed by atoms with Crippen LogP contribution in [0.25, 0.3) is 0 Å². The van der Waals surface area contributed by atoms with Gasteiger partial charge in [0.2, 0.25) is 10.0 Å². The van der Waals surface area contributed by atoms with Gasteiger partial charge in [-0.2, -0.15) is 4.31 Å². The van der Waals surface area contributed by atoms with Gasteiger partial charge >= 0.3 is 0 Å². The zero-order valence-electron chi connectivity index (χ0n) is 18.7. The summed E-state index contributed by atoms with van der Waals surface area (Å²) in [5, 5.41) is 3.00. The Morgan fingerprint density at radius 3 is 2.39 bits per heavy atom. The molecule has 2 aromatic rings. The van der Waals surface area contributed by atoms with Gasteiger partial charge < -0.3 is 10.2 Å². The van der Waals surface area contributed by atoms with Crippen LogP contribution < -0.4 is 5.32 Å². The van der Waals surface area contributed by atoms with Gasteiger partial charge in [0.25, 0.3) is 5.91 Å². The van der Waals surface area contributed by atoms with Gasteiger partial charge in [-0.3, -0.25) is 4.79 Å². The topological polar surface area (TPSA) is 69.7 Å². The van der Waals surface area contributed by atoms with E-state index in [1.807, 2.05) is 25.2 Å². The molecule has 1 fully saturated rings. The Hall–Kier alpha value is -2.22. The molecule has 0 aromatic heterocycles. The van der Waals surface area contributed by atoms with Crippen LogP contribution in [0, 0.1) is 12.8 Å². The third-order valence-corrected chi connectivity index (χ3v) is 8.07. The van der Waals surface area contributed by atoms with Crippen molar-refractivity contribution in [3.8, 4) is 0 Å². The number of piperazine rings is 1. The van der Waals surface area contributed by atoms with Gasteiger partial charge in [-0.05, 0) is 49.6 Å². The molecule has 1 aliphatic heterocycles. The molecule has 168 valence electrons. The van der Waals surface area contributed by atoms with Crippen molar-refractivity contribution in [3.05, 3.63) is 65.2 Å². The van der Waals surface area contributed by atoms with Crippen molar-refractivity contribution in [2.45, 2.75) is 31.6 Å². The Kier molecular flexibility index (Phi) is 7.86. The van der Waals surface area contributed by atoms with Crippen molar-refractivity contribution in [3.63, 3.8) is 0 Å². The molecule has 0 saturated carbocycles. The summed E-state index contributed by atoms with van der Waals surface area (Å²) in [5.41, 5.74) is 2.29. The van der Waals surface area contributed by atoms with Crippen molar-refractivity contribution in [2.75, 3.05) is 39.8 Å². The number of sulfonamides is 1. The first kappa shape index (κ1) is 23.4. The minimum Gasteiger partial charge on any atom is -0.352 e. The second kappa shape index (κ2) is 10.4. The van der Waals surface area contributed by atoms with E-state index in [-0.39, 0.29) is 10.8 Å². The third-order valence-electron chi connectivity index (χ3n) is 6.03. The molecule has 2 aromatic carbocycles. The highest BCUT2D eigenvalue weighted by molar-refractivity contribution is 7.89. The lowest BCUT2D eigenvalue weighted by Crippen LogP contribution is -2.47. The molecular weight excluding hydrogens is 410 g/mol. The predicted octanol–water partition coefficient (Wildman–Crippen LogP) is 2.93. The van der Waals surface area contributed by atoms with E-state index in [4.69, 9.17) is 0 Å². The first-order chi connectivity index (χ1) is 14.8. The van der Waals surface area contributed by atoms with E-state index < -0.39 is 10.0 Å². The smallest absolute Gasteiger partial charge is 0.251 e. The fourth-order valence-corrected chi connectivity index (χ4v) is 5.51. The average Bonchev–Trinajstić information content (AvgIpc) is 2.77. The number of aryl methyl sites for hydroxylation is 1. The van der Waals surface area contributed by atoms with E-state index in [0.717, 1.165) is 12.8 Å². The highest BCUT2D eigenvalue weighted by Crippen LogP contribution is 2.23. The summed E-state index contributed by atoms with van der Waals surface area (Å²) in [5.74, 6) is 0.0895. The molecule has 3 rings (SSSR count). The van der Waals surface area contributed by atoms with Gasteiger partial charge in [-0.15, -0.1) is 0 Å². The monoisotopic (exact) mass is 443 g/mol. The molecule has 6 nitrogen and oxygen atoms in total. The van der Waals surface area contributed by atoms with E-state index in [0.29, 0.717) is 49.8 Å². The lowest BCUT2D eigenvalue weighted by molar-refractivity contribution is 0.0946. The molecular formula is C24H33N3O3S. The summed E-state index contributed by atoms with van der Waals surface area (Å²) in [6.45, 7) is 6.79. The zero-order valence-corrected chi connectivity index (χ0v) is 19.5. The molecule has 0 radical (unpaired) electrons. The second-order valence-corrected chi connectivity index (χ2v) is 10.3. The summed E-state index contributed by atoms with van der Waals surface area (Å²) in [7, 11) is -1.63. The van der Waals surface area contributed by atoms with E-state index in [2.05, 4.69) is 29.3 Å². The highest BCUT2D eigenvalue weighted by atomic mass is 32.2. The summed E-state index contributed by atoms with van der Waals surface area (Å²) in [6, 6.07) is 15.2. The Bertz CT molecular complexity index is 984. The van der Waals surface area contributed by atoms with Gasteiger partial charge in [-0.25, -0.2) is 8.42 Å². The maximum atomic E-state index is 13.2. The summed E-state index contributed by atoms with van der Waals surface area (Å²) < 4.78 is 27.9. The maximum absolute atomic E-state index is 13.2. The second-order valence-electron chi connectivity index (χ2n) is 8.36.